The maximum Gasteiger partial charge on any atom is 0.234 e. The van der Waals surface area contributed by atoms with Gasteiger partial charge in [-0.15, -0.1) is 0 Å². The van der Waals surface area contributed by atoms with Gasteiger partial charge >= 0.3 is 0 Å². The molecular formula is C14H16FNO2. The Bertz CT molecular complexity index is 497. The number of halogens is 1. The molecule has 4 heteroatoms. The lowest BCUT2D eigenvalue weighted by Gasteiger charge is -2.21. The molecule has 2 amide bonds. The zero-order valence-electron chi connectivity index (χ0n) is 10.5. The van der Waals surface area contributed by atoms with E-state index in [4.69, 9.17) is 0 Å². The quantitative estimate of drug-likeness (QED) is 0.818. The molecule has 1 unspecified atom stereocenters. The number of amides is 2. The van der Waals surface area contributed by atoms with Gasteiger partial charge in [0.15, 0.2) is 0 Å². The van der Waals surface area contributed by atoms with Crippen molar-refractivity contribution < 1.29 is 14.0 Å². The summed E-state index contributed by atoms with van der Waals surface area (Å²) in [5.74, 6) is -1.18. The number of nitrogens with one attached hydrogen (secondary N) is 1. The van der Waals surface area contributed by atoms with Gasteiger partial charge in [0, 0.05) is 6.42 Å². The van der Waals surface area contributed by atoms with Gasteiger partial charge in [0.25, 0.3) is 0 Å². The first-order chi connectivity index (χ1) is 8.49. The number of carbonyl (C=O) groups is 2. The minimum Gasteiger partial charge on any atom is -0.296 e. The van der Waals surface area contributed by atoms with E-state index in [9.17, 15) is 14.0 Å². The molecule has 18 heavy (non-hydrogen) atoms. The van der Waals surface area contributed by atoms with Crippen LogP contribution in [0.2, 0.25) is 0 Å². The van der Waals surface area contributed by atoms with Crippen molar-refractivity contribution in [2.45, 2.75) is 38.5 Å². The summed E-state index contributed by atoms with van der Waals surface area (Å²) in [6, 6.07) is 4.91. The van der Waals surface area contributed by atoms with Gasteiger partial charge in [-0.1, -0.05) is 26.0 Å². The van der Waals surface area contributed by atoms with Crippen LogP contribution in [0, 0.1) is 5.82 Å². The molecule has 96 valence electrons. The highest BCUT2D eigenvalue weighted by Crippen LogP contribution is 2.28. The Morgan fingerprint density at radius 3 is 2.61 bits per heavy atom. The second kappa shape index (κ2) is 4.88. The number of rotatable bonds is 2. The molecule has 1 fully saturated rings. The van der Waals surface area contributed by atoms with Crippen molar-refractivity contribution >= 4 is 11.8 Å². The van der Waals surface area contributed by atoms with E-state index in [2.05, 4.69) is 5.32 Å². The summed E-state index contributed by atoms with van der Waals surface area (Å²) in [4.78, 5) is 22.7. The predicted molar refractivity (Wildman–Crippen MR) is 65.6 cm³/mol. The molecule has 0 aliphatic carbocycles. The predicted octanol–water partition coefficient (Wildman–Crippen LogP) is 2.47. The number of benzene rings is 1. The summed E-state index contributed by atoms with van der Waals surface area (Å²) in [6.45, 7) is 3.84. The summed E-state index contributed by atoms with van der Waals surface area (Å²) >= 11 is 0. The molecule has 1 N–H and O–H groups in total. The molecule has 0 bridgehead atoms. The Balaban J connectivity index is 2.27. The molecule has 0 saturated carbocycles. The largest absolute Gasteiger partial charge is 0.296 e. The van der Waals surface area contributed by atoms with Crippen LogP contribution in [0.5, 0.6) is 0 Å². The standard InChI is InChI=1S/C14H16FNO2/c1-8(2)10-4-3-9(7-12(10)15)11-5-6-13(17)16-14(11)18/h3-4,7-8,11H,5-6H2,1-2H3,(H,16,17,18). The van der Waals surface area contributed by atoms with Gasteiger partial charge in [0.05, 0.1) is 5.92 Å². The lowest BCUT2D eigenvalue weighted by molar-refractivity contribution is -0.134. The molecule has 1 aromatic rings. The Morgan fingerprint density at radius 2 is 2.06 bits per heavy atom. The Hall–Kier alpha value is -1.71. The summed E-state index contributed by atoms with van der Waals surface area (Å²) in [5, 5.41) is 2.28. The van der Waals surface area contributed by atoms with Gasteiger partial charge in [-0.3, -0.25) is 14.9 Å². The molecule has 0 spiro atoms. The summed E-state index contributed by atoms with van der Waals surface area (Å²) < 4.78 is 13.9. The zero-order chi connectivity index (χ0) is 13.3. The molecule has 1 saturated heterocycles. The smallest absolute Gasteiger partial charge is 0.234 e. The fourth-order valence-corrected chi connectivity index (χ4v) is 2.24. The Labute approximate surface area is 105 Å². The monoisotopic (exact) mass is 249 g/mol. The molecule has 2 rings (SSSR count). The summed E-state index contributed by atoms with van der Waals surface area (Å²) in [6.07, 6.45) is 0.759. The first-order valence-electron chi connectivity index (χ1n) is 6.12. The SMILES string of the molecule is CC(C)c1ccc(C2CCC(=O)NC2=O)cc1F. The van der Waals surface area contributed by atoms with Gasteiger partial charge in [-0.05, 0) is 29.5 Å². The molecular weight excluding hydrogens is 233 g/mol. The first-order valence-corrected chi connectivity index (χ1v) is 6.12. The van der Waals surface area contributed by atoms with Crippen LogP contribution in [-0.2, 0) is 9.59 Å². The van der Waals surface area contributed by atoms with Gasteiger partial charge in [0.1, 0.15) is 5.82 Å². The van der Waals surface area contributed by atoms with E-state index in [0.29, 0.717) is 24.0 Å². The fourth-order valence-electron chi connectivity index (χ4n) is 2.24. The van der Waals surface area contributed by atoms with E-state index in [1.807, 2.05) is 13.8 Å². The van der Waals surface area contributed by atoms with Gasteiger partial charge in [-0.2, -0.15) is 0 Å². The number of piperidine rings is 1. The lowest BCUT2D eigenvalue weighted by Crippen LogP contribution is -2.39. The molecule has 1 aliphatic heterocycles. The maximum atomic E-state index is 13.9. The maximum absolute atomic E-state index is 13.9. The number of hydrogen-bond acceptors (Lipinski definition) is 2. The third-order valence-corrected chi connectivity index (χ3v) is 3.29. The van der Waals surface area contributed by atoms with E-state index >= 15 is 0 Å². The van der Waals surface area contributed by atoms with Crippen LogP contribution in [-0.4, -0.2) is 11.8 Å². The average molecular weight is 249 g/mol. The van der Waals surface area contributed by atoms with Crippen LogP contribution >= 0.6 is 0 Å². The minimum absolute atomic E-state index is 0.112. The fraction of sp³-hybridized carbons (Fsp3) is 0.429. The Kier molecular flexibility index (Phi) is 3.45. The highest BCUT2D eigenvalue weighted by Gasteiger charge is 2.28. The third kappa shape index (κ3) is 2.42. The van der Waals surface area contributed by atoms with Crippen LogP contribution < -0.4 is 5.32 Å². The van der Waals surface area contributed by atoms with Gasteiger partial charge in [-0.25, -0.2) is 4.39 Å². The first kappa shape index (κ1) is 12.7. The van der Waals surface area contributed by atoms with Crippen LogP contribution in [0.4, 0.5) is 4.39 Å². The van der Waals surface area contributed by atoms with E-state index in [0.717, 1.165) is 0 Å². The molecule has 1 atom stereocenters. The minimum atomic E-state index is -0.418. The topological polar surface area (TPSA) is 46.2 Å². The van der Waals surface area contributed by atoms with Crippen molar-refractivity contribution in [3.8, 4) is 0 Å². The van der Waals surface area contributed by atoms with Crippen LogP contribution in [0.25, 0.3) is 0 Å². The van der Waals surface area contributed by atoms with Crippen LogP contribution in [0.15, 0.2) is 18.2 Å². The Morgan fingerprint density at radius 1 is 1.33 bits per heavy atom. The second-order valence-corrected chi connectivity index (χ2v) is 4.94. The summed E-state index contributed by atoms with van der Waals surface area (Å²) in [5.41, 5.74) is 1.29. The zero-order valence-corrected chi connectivity index (χ0v) is 10.5. The third-order valence-electron chi connectivity index (χ3n) is 3.29. The van der Waals surface area contributed by atoms with Crippen molar-refractivity contribution in [2.24, 2.45) is 0 Å². The van der Waals surface area contributed by atoms with Crippen molar-refractivity contribution in [3.63, 3.8) is 0 Å². The highest BCUT2D eigenvalue weighted by molar-refractivity contribution is 6.00. The molecule has 1 aliphatic rings. The normalized spacial score (nSPS) is 20.1. The van der Waals surface area contributed by atoms with E-state index in [1.165, 1.54) is 6.07 Å². The van der Waals surface area contributed by atoms with Crippen LogP contribution in [0.3, 0.4) is 0 Å². The van der Waals surface area contributed by atoms with E-state index in [1.54, 1.807) is 12.1 Å². The number of carbonyl (C=O) groups excluding carboxylic acids is 2. The van der Waals surface area contributed by atoms with Crippen molar-refractivity contribution in [3.05, 3.63) is 35.1 Å². The number of hydrogen-bond donors (Lipinski definition) is 1. The van der Waals surface area contributed by atoms with Gasteiger partial charge < -0.3 is 0 Å². The summed E-state index contributed by atoms with van der Waals surface area (Å²) in [7, 11) is 0. The lowest BCUT2D eigenvalue weighted by atomic mass is 9.89. The van der Waals surface area contributed by atoms with Crippen molar-refractivity contribution in [2.75, 3.05) is 0 Å². The van der Waals surface area contributed by atoms with Crippen LogP contribution in [0.1, 0.15) is 49.7 Å². The van der Waals surface area contributed by atoms with E-state index in [-0.39, 0.29) is 23.5 Å². The molecule has 0 aromatic heterocycles. The average Bonchev–Trinajstić information content (AvgIpc) is 2.28. The van der Waals surface area contributed by atoms with Gasteiger partial charge in [0.2, 0.25) is 11.8 Å². The molecule has 0 radical (unpaired) electrons. The van der Waals surface area contributed by atoms with Crippen molar-refractivity contribution in [1.29, 1.82) is 0 Å². The molecule has 1 aromatic carbocycles. The second-order valence-electron chi connectivity index (χ2n) is 4.94. The number of imide groups is 1. The molecule has 1 heterocycles. The van der Waals surface area contributed by atoms with Crippen molar-refractivity contribution in [1.82, 2.24) is 5.32 Å². The van der Waals surface area contributed by atoms with E-state index < -0.39 is 5.92 Å². The molecule has 3 nitrogen and oxygen atoms in total. The highest BCUT2D eigenvalue weighted by atomic mass is 19.1.